The highest BCUT2D eigenvalue weighted by atomic mass is 16.5. The van der Waals surface area contributed by atoms with Gasteiger partial charge in [0.15, 0.2) is 0 Å². The maximum atomic E-state index is 12.3. The van der Waals surface area contributed by atoms with Gasteiger partial charge < -0.3 is 15.4 Å². The molecule has 33 heavy (non-hydrogen) atoms. The molecule has 0 saturated heterocycles. The summed E-state index contributed by atoms with van der Waals surface area (Å²) in [6, 6.07) is 29.0. The van der Waals surface area contributed by atoms with Gasteiger partial charge in [-0.3, -0.25) is 4.79 Å². The minimum atomic E-state index is -0.128. The molecule has 0 aliphatic heterocycles. The smallest absolute Gasteiger partial charge is 0.251 e. The van der Waals surface area contributed by atoms with E-state index in [1.54, 1.807) is 13.1 Å². The van der Waals surface area contributed by atoms with Gasteiger partial charge in [-0.05, 0) is 59.5 Å². The standard InChI is InChI=1S/C29H30N2O2/c1-20-11-13-22(14-12-20)24-17-25(29(32)30-3)19-26(18-24)33-16-15-31-21(2)27-10-6-8-23-7-4-5-9-28(23)27/h4-14,17-19,21,31H,15-16H2,1-3H3,(H,30,32)/t21-/m1/s1. The first-order chi connectivity index (χ1) is 16.0. The van der Waals surface area contributed by atoms with Crippen molar-refractivity contribution in [1.29, 1.82) is 0 Å². The molecule has 0 aliphatic carbocycles. The summed E-state index contributed by atoms with van der Waals surface area (Å²) in [6.07, 6.45) is 0. The van der Waals surface area contributed by atoms with Crippen molar-refractivity contribution < 1.29 is 9.53 Å². The molecule has 4 aromatic rings. The van der Waals surface area contributed by atoms with Crippen LogP contribution in [0.1, 0.15) is 34.5 Å². The summed E-state index contributed by atoms with van der Waals surface area (Å²) < 4.78 is 6.06. The fraction of sp³-hybridized carbons (Fsp3) is 0.207. The van der Waals surface area contributed by atoms with E-state index in [1.165, 1.54) is 21.9 Å². The molecular weight excluding hydrogens is 408 g/mol. The maximum Gasteiger partial charge on any atom is 0.251 e. The molecule has 4 nitrogen and oxygen atoms in total. The Morgan fingerprint density at radius 1 is 0.909 bits per heavy atom. The van der Waals surface area contributed by atoms with Gasteiger partial charge in [0.2, 0.25) is 0 Å². The van der Waals surface area contributed by atoms with Crippen LogP contribution in [0.15, 0.2) is 84.9 Å². The zero-order chi connectivity index (χ0) is 23.2. The van der Waals surface area contributed by atoms with Crippen LogP contribution in [-0.2, 0) is 0 Å². The topological polar surface area (TPSA) is 50.4 Å². The van der Waals surface area contributed by atoms with E-state index in [0.717, 1.165) is 11.1 Å². The van der Waals surface area contributed by atoms with Crippen molar-refractivity contribution in [3.8, 4) is 16.9 Å². The fourth-order valence-corrected chi connectivity index (χ4v) is 4.05. The number of benzene rings is 4. The molecule has 0 saturated carbocycles. The van der Waals surface area contributed by atoms with Crippen molar-refractivity contribution in [1.82, 2.24) is 10.6 Å². The van der Waals surface area contributed by atoms with Gasteiger partial charge in [0.05, 0.1) is 0 Å². The monoisotopic (exact) mass is 438 g/mol. The lowest BCUT2D eigenvalue weighted by Crippen LogP contribution is -2.24. The summed E-state index contributed by atoms with van der Waals surface area (Å²) in [5.74, 6) is 0.558. The zero-order valence-corrected chi connectivity index (χ0v) is 19.4. The molecular formula is C29H30N2O2. The van der Waals surface area contributed by atoms with Crippen LogP contribution in [-0.4, -0.2) is 26.1 Å². The van der Waals surface area contributed by atoms with Crippen molar-refractivity contribution in [3.63, 3.8) is 0 Å². The number of hydrogen-bond donors (Lipinski definition) is 2. The molecule has 2 N–H and O–H groups in total. The van der Waals surface area contributed by atoms with Gasteiger partial charge in [-0.15, -0.1) is 0 Å². The molecule has 0 unspecified atom stereocenters. The largest absolute Gasteiger partial charge is 0.492 e. The first-order valence-electron chi connectivity index (χ1n) is 11.3. The average molecular weight is 439 g/mol. The van der Waals surface area contributed by atoms with Crippen LogP contribution in [0.4, 0.5) is 0 Å². The van der Waals surface area contributed by atoms with Gasteiger partial charge >= 0.3 is 0 Å². The van der Waals surface area contributed by atoms with E-state index in [4.69, 9.17) is 4.74 Å². The molecule has 168 valence electrons. The number of fused-ring (bicyclic) bond motifs is 1. The molecule has 0 fully saturated rings. The van der Waals surface area contributed by atoms with E-state index >= 15 is 0 Å². The second-order valence-corrected chi connectivity index (χ2v) is 8.28. The molecule has 0 bridgehead atoms. The van der Waals surface area contributed by atoms with Crippen molar-refractivity contribution in [2.45, 2.75) is 19.9 Å². The second-order valence-electron chi connectivity index (χ2n) is 8.28. The molecule has 4 aromatic carbocycles. The van der Waals surface area contributed by atoms with Gasteiger partial charge in [0.1, 0.15) is 12.4 Å². The lowest BCUT2D eigenvalue weighted by atomic mass is 10.00. The van der Waals surface area contributed by atoms with Crippen LogP contribution in [0.5, 0.6) is 5.75 Å². The molecule has 4 heteroatoms. The SMILES string of the molecule is CNC(=O)c1cc(OCCN[C@H](C)c2cccc3ccccc23)cc(-c2ccc(C)cc2)c1. The third-order valence-corrected chi connectivity index (χ3v) is 5.89. The lowest BCUT2D eigenvalue weighted by molar-refractivity contribution is 0.0962. The summed E-state index contributed by atoms with van der Waals surface area (Å²) in [5.41, 5.74) is 5.07. The van der Waals surface area contributed by atoms with Crippen LogP contribution < -0.4 is 15.4 Å². The van der Waals surface area contributed by atoms with Gasteiger partial charge in [0, 0.05) is 25.2 Å². The Bertz CT molecular complexity index is 1240. The predicted octanol–water partition coefficient (Wildman–Crippen LogP) is 5.90. The summed E-state index contributed by atoms with van der Waals surface area (Å²) in [6.45, 7) is 5.42. The molecule has 0 aromatic heterocycles. The summed E-state index contributed by atoms with van der Waals surface area (Å²) in [7, 11) is 1.64. The minimum absolute atomic E-state index is 0.128. The number of rotatable bonds is 8. The predicted molar refractivity (Wildman–Crippen MR) is 136 cm³/mol. The van der Waals surface area contributed by atoms with Gasteiger partial charge in [-0.25, -0.2) is 0 Å². The van der Waals surface area contributed by atoms with Crippen molar-refractivity contribution in [3.05, 3.63) is 102 Å². The highest BCUT2D eigenvalue weighted by molar-refractivity contribution is 5.95. The summed E-state index contributed by atoms with van der Waals surface area (Å²) in [5, 5.41) is 8.77. The third-order valence-electron chi connectivity index (χ3n) is 5.89. The normalized spacial score (nSPS) is 11.8. The fourth-order valence-electron chi connectivity index (χ4n) is 4.05. The molecule has 0 radical (unpaired) electrons. The Morgan fingerprint density at radius 3 is 2.45 bits per heavy atom. The van der Waals surface area contributed by atoms with Crippen LogP contribution in [0.3, 0.4) is 0 Å². The first kappa shape index (κ1) is 22.6. The number of amides is 1. The van der Waals surface area contributed by atoms with Crippen molar-refractivity contribution >= 4 is 16.7 Å². The molecule has 0 heterocycles. The highest BCUT2D eigenvalue weighted by Crippen LogP contribution is 2.27. The van der Waals surface area contributed by atoms with E-state index in [0.29, 0.717) is 24.5 Å². The van der Waals surface area contributed by atoms with Crippen molar-refractivity contribution in [2.75, 3.05) is 20.2 Å². The maximum absolute atomic E-state index is 12.3. The Hall–Kier alpha value is -3.63. The molecule has 0 spiro atoms. The van der Waals surface area contributed by atoms with Crippen LogP contribution in [0.25, 0.3) is 21.9 Å². The number of carbonyl (C=O) groups excluding carboxylic acids is 1. The Morgan fingerprint density at radius 2 is 1.67 bits per heavy atom. The second kappa shape index (κ2) is 10.3. The van der Waals surface area contributed by atoms with E-state index in [2.05, 4.69) is 91.2 Å². The van der Waals surface area contributed by atoms with Gasteiger partial charge in [0.25, 0.3) is 5.91 Å². The quantitative estimate of drug-likeness (QED) is 0.337. The molecule has 4 rings (SSSR count). The van der Waals surface area contributed by atoms with Crippen LogP contribution in [0.2, 0.25) is 0 Å². The lowest BCUT2D eigenvalue weighted by Gasteiger charge is -2.17. The van der Waals surface area contributed by atoms with E-state index in [1.807, 2.05) is 12.1 Å². The highest BCUT2D eigenvalue weighted by Gasteiger charge is 2.11. The summed E-state index contributed by atoms with van der Waals surface area (Å²) >= 11 is 0. The zero-order valence-electron chi connectivity index (χ0n) is 19.4. The molecule has 1 amide bonds. The van der Waals surface area contributed by atoms with E-state index in [-0.39, 0.29) is 11.9 Å². The van der Waals surface area contributed by atoms with Gasteiger partial charge in [-0.1, -0.05) is 72.3 Å². The molecule has 0 aliphatic rings. The van der Waals surface area contributed by atoms with E-state index < -0.39 is 0 Å². The number of carbonyl (C=O) groups is 1. The van der Waals surface area contributed by atoms with Crippen LogP contribution >= 0.6 is 0 Å². The number of ether oxygens (including phenoxy) is 1. The number of hydrogen-bond acceptors (Lipinski definition) is 3. The average Bonchev–Trinajstić information content (AvgIpc) is 2.86. The van der Waals surface area contributed by atoms with Crippen molar-refractivity contribution in [2.24, 2.45) is 0 Å². The van der Waals surface area contributed by atoms with E-state index in [9.17, 15) is 4.79 Å². The summed E-state index contributed by atoms with van der Waals surface area (Å²) in [4.78, 5) is 12.3. The number of aryl methyl sites for hydroxylation is 1. The third kappa shape index (κ3) is 5.41. The minimum Gasteiger partial charge on any atom is -0.492 e. The first-order valence-corrected chi connectivity index (χ1v) is 11.3. The molecule has 1 atom stereocenters. The van der Waals surface area contributed by atoms with Crippen LogP contribution in [0, 0.1) is 6.92 Å². The Labute approximate surface area is 195 Å². The Kier molecular flexibility index (Phi) is 7.06. The number of nitrogens with one attached hydrogen (secondary N) is 2. The van der Waals surface area contributed by atoms with Gasteiger partial charge in [-0.2, -0.15) is 0 Å². The Balaban J connectivity index is 1.44.